The van der Waals surface area contributed by atoms with Crippen LogP contribution in [0.5, 0.6) is 5.75 Å². The van der Waals surface area contributed by atoms with Gasteiger partial charge in [0.15, 0.2) is 5.82 Å². The highest BCUT2D eigenvalue weighted by Crippen LogP contribution is 2.27. The maximum Gasteiger partial charge on any atom is 0.410 e. The Hall–Kier alpha value is -5.71. The second kappa shape index (κ2) is 18.0. The molecule has 1 aliphatic rings. The van der Waals surface area contributed by atoms with Gasteiger partial charge in [0.1, 0.15) is 46.9 Å². The van der Waals surface area contributed by atoms with Gasteiger partial charge >= 0.3 is 6.09 Å². The van der Waals surface area contributed by atoms with E-state index in [1.165, 1.54) is 77.9 Å². The van der Waals surface area contributed by atoms with Crippen LogP contribution in [0.15, 0.2) is 67.1 Å². The standard InChI is InChI=1S/C40H48F3N7O7/c1-24(47(6)39(54)57-40(3,4)5)35(51)46-34(25(2)55-7)37(53)50-22-32(56-31-14-12-28(42)13-15-31)18-30(50)21-48(17-16-26-8-10-27(41)11-9-26)36(52)33-23-49-20-29(43)19-44-38(49)45-33/h8-15,19-20,23-25,30,32,34H,16-18,21-22H2,1-7H3,(H,46,51)/t24-,25+,30-,32-,34-/m0/s1. The fourth-order valence-electron chi connectivity index (χ4n) is 6.31. The molecule has 0 aliphatic carbocycles. The number of hydrogen-bond acceptors (Lipinski definition) is 9. The van der Waals surface area contributed by atoms with Crippen molar-refractivity contribution in [3.63, 3.8) is 0 Å². The summed E-state index contributed by atoms with van der Waals surface area (Å²) in [7, 11) is 2.80. The Morgan fingerprint density at radius 3 is 2.25 bits per heavy atom. The van der Waals surface area contributed by atoms with Gasteiger partial charge in [-0.3, -0.25) is 23.7 Å². The Labute approximate surface area is 328 Å². The highest BCUT2D eigenvalue weighted by molar-refractivity contribution is 5.93. The summed E-state index contributed by atoms with van der Waals surface area (Å²) in [4.78, 5) is 67.7. The van der Waals surface area contributed by atoms with Gasteiger partial charge in [0.2, 0.25) is 17.6 Å². The fraction of sp³-hybridized carbons (Fsp3) is 0.450. The number of methoxy groups -OCH3 is 1. The highest BCUT2D eigenvalue weighted by Gasteiger charge is 2.43. The number of carbonyl (C=O) groups is 4. The lowest BCUT2D eigenvalue weighted by Gasteiger charge is -2.35. The minimum Gasteiger partial charge on any atom is -0.489 e. The van der Waals surface area contributed by atoms with E-state index in [4.69, 9.17) is 14.2 Å². The number of rotatable bonds is 14. The smallest absolute Gasteiger partial charge is 0.410 e. The molecule has 14 nitrogen and oxygen atoms in total. The lowest BCUT2D eigenvalue weighted by Crippen LogP contribution is -2.59. The van der Waals surface area contributed by atoms with Crippen LogP contribution in [0, 0.1) is 17.5 Å². The Balaban J connectivity index is 1.45. The molecule has 1 saturated heterocycles. The number of amides is 4. The normalized spacial score (nSPS) is 17.1. The van der Waals surface area contributed by atoms with Crippen molar-refractivity contribution in [1.82, 2.24) is 34.4 Å². The van der Waals surface area contributed by atoms with Crippen molar-refractivity contribution >= 4 is 29.6 Å². The number of benzene rings is 2. The first-order valence-electron chi connectivity index (χ1n) is 18.5. The second-order valence-electron chi connectivity index (χ2n) is 15.0. The lowest BCUT2D eigenvalue weighted by atomic mass is 10.1. The van der Waals surface area contributed by atoms with Crippen LogP contribution >= 0.6 is 0 Å². The first-order chi connectivity index (χ1) is 26.9. The third-order valence-electron chi connectivity index (χ3n) is 9.62. The van der Waals surface area contributed by atoms with Crippen molar-refractivity contribution in [3.05, 3.63) is 95.8 Å². The minimum atomic E-state index is -1.24. The van der Waals surface area contributed by atoms with E-state index in [-0.39, 0.29) is 37.5 Å². The molecule has 1 N–H and O–H groups in total. The molecular formula is C40H48F3N7O7. The van der Waals surface area contributed by atoms with Crippen molar-refractivity contribution in [3.8, 4) is 5.75 Å². The van der Waals surface area contributed by atoms with Crippen LogP contribution in [0.3, 0.4) is 0 Å². The molecule has 2 aromatic carbocycles. The molecule has 3 heterocycles. The molecule has 306 valence electrons. The van der Waals surface area contributed by atoms with Crippen molar-refractivity contribution in [2.45, 2.75) is 83.4 Å². The van der Waals surface area contributed by atoms with Crippen LogP contribution in [-0.2, 0) is 25.5 Å². The van der Waals surface area contributed by atoms with Gasteiger partial charge in [-0.2, -0.15) is 0 Å². The molecule has 5 atom stereocenters. The molecule has 4 aromatic rings. The van der Waals surface area contributed by atoms with Gasteiger partial charge in [0.25, 0.3) is 5.91 Å². The van der Waals surface area contributed by atoms with Gasteiger partial charge in [-0.1, -0.05) is 12.1 Å². The van der Waals surface area contributed by atoms with E-state index >= 15 is 0 Å². The predicted molar refractivity (Wildman–Crippen MR) is 202 cm³/mol. The van der Waals surface area contributed by atoms with E-state index in [1.807, 2.05) is 0 Å². The van der Waals surface area contributed by atoms with Crippen molar-refractivity contribution in [1.29, 1.82) is 0 Å². The van der Waals surface area contributed by atoms with Gasteiger partial charge < -0.3 is 29.3 Å². The number of carbonyl (C=O) groups excluding carboxylic acids is 4. The average Bonchev–Trinajstić information content (AvgIpc) is 3.78. The Morgan fingerprint density at radius 2 is 1.61 bits per heavy atom. The number of hydrogen-bond donors (Lipinski definition) is 1. The molecule has 0 radical (unpaired) electrons. The summed E-state index contributed by atoms with van der Waals surface area (Å²) in [6.45, 7) is 8.31. The summed E-state index contributed by atoms with van der Waals surface area (Å²) in [6, 6.07) is 8.28. The van der Waals surface area contributed by atoms with Crippen LogP contribution < -0.4 is 10.1 Å². The summed E-state index contributed by atoms with van der Waals surface area (Å²) in [5.41, 5.74) is -0.0914. The van der Waals surface area contributed by atoms with Crippen molar-refractivity contribution in [2.24, 2.45) is 0 Å². The molecule has 2 aromatic heterocycles. The molecule has 0 bridgehead atoms. The van der Waals surface area contributed by atoms with Gasteiger partial charge in [-0.15, -0.1) is 0 Å². The third kappa shape index (κ3) is 11.0. The molecule has 1 aliphatic heterocycles. The SMILES string of the molecule is CO[C@H](C)[C@H](NC(=O)[C@H](C)N(C)C(=O)OC(C)(C)C)C(=O)N1C[C@@H](Oc2ccc(F)cc2)C[C@H]1CN(CCc1ccc(F)cc1)C(=O)c1cn2cc(F)cnc2n1. The van der Waals surface area contributed by atoms with E-state index in [1.54, 1.807) is 39.8 Å². The molecule has 5 rings (SSSR count). The monoisotopic (exact) mass is 795 g/mol. The quantitative estimate of drug-likeness (QED) is 0.193. The zero-order chi connectivity index (χ0) is 41.6. The molecule has 4 amide bonds. The van der Waals surface area contributed by atoms with E-state index in [2.05, 4.69) is 15.3 Å². The van der Waals surface area contributed by atoms with Crippen LogP contribution in [0.4, 0.5) is 18.0 Å². The maximum atomic E-state index is 14.7. The Morgan fingerprint density at radius 1 is 0.965 bits per heavy atom. The summed E-state index contributed by atoms with van der Waals surface area (Å²) < 4.78 is 59.9. The third-order valence-corrected chi connectivity index (χ3v) is 9.62. The molecule has 17 heteroatoms. The first kappa shape index (κ1) is 42.4. The number of nitrogens with one attached hydrogen (secondary N) is 1. The minimum absolute atomic E-state index is 0.0224. The molecule has 1 fully saturated rings. The molecule has 0 spiro atoms. The fourth-order valence-corrected chi connectivity index (χ4v) is 6.31. The summed E-state index contributed by atoms with van der Waals surface area (Å²) in [6.07, 6.45) is 1.82. The second-order valence-corrected chi connectivity index (χ2v) is 15.0. The Bertz CT molecular complexity index is 2040. The molecular weight excluding hydrogens is 747 g/mol. The number of ether oxygens (including phenoxy) is 3. The first-order valence-corrected chi connectivity index (χ1v) is 18.5. The van der Waals surface area contributed by atoms with Gasteiger partial charge in [-0.05, 0) is 83.0 Å². The van der Waals surface area contributed by atoms with E-state index in [0.717, 1.165) is 22.9 Å². The number of aromatic nitrogens is 3. The number of likely N-dealkylation sites (tertiary alicyclic amines) is 1. The number of nitrogens with zero attached hydrogens (tertiary/aromatic N) is 6. The number of likely N-dealkylation sites (N-methyl/N-ethyl adjacent to an activating group) is 1. The van der Waals surface area contributed by atoms with Gasteiger partial charge in [0.05, 0.1) is 24.9 Å². The molecule has 57 heavy (non-hydrogen) atoms. The van der Waals surface area contributed by atoms with Crippen LogP contribution in [0.25, 0.3) is 5.78 Å². The van der Waals surface area contributed by atoms with Gasteiger partial charge in [0, 0.05) is 46.1 Å². The van der Waals surface area contributed by atoms with Crippen molar-refractivity contribution < 1.29 is 46.6 Å². The lowest BCUT2D eigenvalue weighted by molar-refractivity contribution is -0.142. The van der Waals surface area contributed by atoms with Crippen LogP contribution in [0.1, 0.15) is 57.1 Å². The molecule has 0 unspecified atom stereocenters. The number of halogens is 3. The summed E-state index contributed by atoms with van der Waals surface area (Å²) in [5.74, 6) is -2.76. The zero-order valence-electron chi connectivity index (χ0n) is 32.9. The predicted octanol–water partition coefficient (Wildman–Crippen LogP) is 4.66. The van der Waals surface area contributed by atoms with Crippen LogP contribution in [-0.4, -0.2) is 123 Å². The number of imidazole rings is 1. The summed E-state index contributed by atoms with van der Waals surface area (Å²) in [5, 5.41) is 2.76. The van der Waals surface area contributed by atoms with E-state index < -0.39 is 77.2 Å². The van der Waals surface area contributed by atoms with Crippen LogP contribution in [0.2, 0.25) is 0 Å². The highest BCUT2D eigenvalue weighted by atomic mass is 19.1. The van der Waals surface area contributed by atoms with Gasteiger partial charge in [-0.25, -0.2) is 27.9 Å². The number of fused-ring (bicyclic) bond motifs is 1. The molecule has 0 saturated carbocycles. The Kier molecular flexibility index (Phi) is 13.4. The summed E-state index contributed by atoms with van der Waals surface area (Å²) >= 11 is 0. The topological polar surface area (TPSA) is 148 Å². The van der Waals surface area contributed by atoms with E-state index in [9.17, 15) is 32.3 Å². The van der Waals surface area contributed by atoms with Crippen molar-refractivity contribution in [2.75, 3.05) is 33.8 Å². The maximum absolute atomic E-state index is 14.7. The van der Waals surface area contributed by atoms with E-state index in [0.29, 0.717) is 12.2 Å². The largest absolute Gasteiger partial charge is 0.489 e. The zero-order valence-corrected chi connectivity index (χ0v) is 32.9. The average molecular weight is 796 g/mol.